The lowest BCUT2D eigenvalue weighted by Crippen LogP contribution is -2.43. The molecule has 0 saturated carbocycles. The molecule has 114 valence electrons. The third-order valence-corrected chi connectivity index (χ3v) is 4.48. The largest absolute Gasteiger partial charge is 0.381 e. The van der Waals surface area contributed by atoms with E-state index in [0.717, 1.165) is 26.1 Å². The summed E-state index contributed by atoms with van der Waals surface area (Å²) < 4.78 is 5.31. The summed E-state index contributed by atoms with van der Waals surface area (Å²) in [5, 5.41) is 5.80. The van der Waals surface area contributed by atoms with Gasteiger partial charge in [0.2, 0.25) is 11.8 Å². The number of carbonyl (C=O) groups is 2. The molecule has 0 unspecified atom stereocenters. The molecule has 2 atom stereocenters. The lowest BCUT2D eigenvalue weighted by Gasteiger charge is -2.30. The van der Waals surface area contributed by atoms with Gasteiger partial charge in [0.25, 0.3) is 0 Å². The number of hydrogen-bond acceptors (Lipinski definition) is 3. The van der Waals surface area contributed by atoms with E-state index in [1.165, 1.54) is 0 Å². The van der Waals surface area contributed by atoms with Crippen molar-refractivity contribution in [1.29, 1.82) is 0 Å². The molecule has 2 rings (SSSR count). The van der Waals surface area contributed by atoms with Crippen molar-refractivity contribution < 1.29 is 14.3 Å². The summed E-state index contributed by atoms with van der Waals surface area (Å²) in [7, 11) is 0. The Balaban J connectivity index is 1.91. The Hall–Kier alpha value is -1.10. The third-order valence-electron chi connectivity index (χ3n) is 4.48. The molecule has 5 heteroatoms. The minimum Gasteiger partial charge on any atom is -0.381 e. The summed E-state index contributed by atoms with van der Waals surface area (Å²) in [5.74, 6) is -0.259. The molecule has 0 bridgehead atoms. The molecule has 5 nitrogen and oxygen atoms in total. The maximum absolute atomic E-state index is 12.4. The van der Waals surface area contributed by atoms with Crippen molar-refractivity contribution in [2.45, 2.75) is 33.6 Å². The highest BCUT2D eigenvalue weighted by Crippen LogP contribution is 2.35. The van der Waals surface area contributed by atoms with E-state index in [1.807, 2.05) is 0 Å². The van der Waals surface area contributed by atoms with Crippen LogP contribution < -0.4 is 10.6 Å². The summed E-state index contributed by atoms with van der Waals surface area (Å²) in [5.41, 5.74) is -0.0557. The second kappa shape index (κ2) is 6.12. The highest BCUT2D eigenvalue weighted by atomic mass is 16.5. The zero-order chi connectivity index (χ0) is 14.8. The van der Waals surface area contributed by atoms with Crippen LogP contribution in [-0.4, -0.2) is 38.1 Å². The van der Waals surface area contributed by atoms with Crippen LogP contribution in [0.4, 0.5) is 0 Å². The van der Waals surface area contributed by atoms with E-state index in [-0.39, 0.29) is 23.1 Å². The Bertz CT molecular complexity index is 370. The summed E-state index contributed by atoms with van der Waals surface area (Å²) in [6.45, 7) is 9.04. The summed E-state index contributed by atoms with van der Waals surface area (Å²) in [6.07, 6.45) is 1.97. The maximum atomic E-state index is 12.4. The second-order valence-electron chi connectivity index (χ2n) is 7.00. The molecule has 2 aliphatic heterocycles. The Morgan fingerprint density at radius 3 is 2.60 bits per heavy atom. The van der Waals surface area contributed by atoms with Gasteiger partial charge >= 0.3 is 0 Å². The number of carbonyl (C=O) groups excluding carboxylic acids is 2. The van der Waals surface area contributed by atoms with Crippen LogP contribution >= 0.6 is 0 Å². The molecule has 2 saturated heterocycles. The molecule has 2 fully saturated rings. The third kappa shape index (κ3) is 3.51. The van der Waals surface area contributed by atoms with E-state index in [1.54, 1.807) is 0 Å². The number of amides is 2. The van der Waals surface area contributed by atoms with Crippen molar-refractivity contribution in [3.8, 4) is 0 Å². The Morgan fingerprint density at radius 2 is 2.00 bits per heavy atom. The van der Waals surface area contributed by atoms with E-state index in [0.29, 0.717) is 19.0 Å². The normalized spacial score (nSPS) is 28.2. The van der Waals surface area contributed by atoms with Gasteiger partial charge < -0.3 is 15.4 Å². The first kappa shape index (κ1) is 15.3. The molecule has 0 aromatic heterocycles. The lowest BCUT2D eigenvalue weighted by atomic mass is 9.74. The van der Waals surface area contributed by atoms with E-state index < -0.39 is 5.92 Å². The molecule has 2 amide bonds. The monoisotopic (exact) mass is 282 g/mol. The van der Waals surface area contributed by atoms with Crippen LogP contribution in [0, 0.1) is 23.2 Å². The second-order valence-corrected chi connectivity index (χ2v) is 7.00. The number of nitrogens with one attached hydrogen (secondary N) is 2. The van der Waals surface area contributed by atoms with Gasteiger partial charge in [-0.05, 0) is 24.2 Å². The predicted molar refractivity (Wildman–Crippen MR) is 76.0 cm³/mol. The first-order valence-electron chi connectivity index (χ1n) is 7.53. The highest BCUT2D eigenvalue weighted by Gasteiger charge is 2.45. The average Bonchev–Trinajstić information content (AvgIpc) is 2.79. The molecule has 0 aliphatic carbocycles. The van der Waals surface area contributed by atoms with E-state index in [4.69, 9.17) is 4.74 Å². The molecule has 2 N–H and O–H groups in total. The van der Waals surface area contributed by atoms with Crippen molar-refractivity contribution in [3.05, 3.63) is 0 Å². The van der Waals surface area contributed by atoms with Crippen molar-refractivity contribution in [2.75, 3.05) is 26.3 Å². The van der Waals surface area contributed by atoms with Gasteiger partial charge in [0.1, 0.15) is 5.92 Å². The van der Waals surface area contributed by atoms with Crippen LogP contribution in [0.25, 0.3) is 0 Å². The van der Waals surface area contributed by atoms with Crippen LogP contribution in [0.1, 0.15) is 33.6 Å². The van der Waals surface area contributed by atoms with E-state index in [2.05, 4.69) is 31.4 Å². The molecule has 20 heavy (non-hydrogen) atoms. The average molecular weight is 282 g/mol. The van der Waals surface area contributed by atoms with Gasteiger partial charge in [-0.3, -0.25) is 9.59 Å². The smallest absolute Gasteiger partial charge is 0.232 e. The van der Waals surface area contributed by atoms with Crippen LogP contribution in [-0.2, 0) is 14.3 Å². The minimum absolute atomic E-state index is 0.0557. The maximum Gasteiger partial charge on any atom is 0.232 e. The highest BCUT2D eigenvalue weighted by molar-refractivity contribution is 6.02. The van der Waals surface area contributed by atoms with E-state index in [9.17, 15) is 9.59 Å². The lowest BCUT2D eigenvalue weighted by molar-refractivity contribution is -0.135. The number of hydrogen-bond donors (Lipinski definition) is 2. The summed E-state index contributed by atoms with van der Waals surface area (Å²) >= 11 is 0. The van der Waals surface area contributed by atoms with Crippen LogP contribution in [0.15, 0.2) is 0 Å². The molecular weight excluding hydrogens is 256 g/mol. The first-order valence-corrected chi connectivity index (χ1v) is 7.53. The zero-order valence-corrected chi connectivity index (χ0v) is 12.7. The fourth-order valence-corrected chi connectivity index (χ4v) is 3.03. The SMILES string of the molecule is CC(C)(C)[C@@H]1CNC(=O)[C@@H]1C(=O)NCC1CCOCC1. The van der Waals surface area contributed by atoms with Gasteiger partial charge in [-0.2, -0.15) is 0 Å². The van der Waals surface area contributed by atoms with Crippen molar-refractivity contribution in [3.63, 3.8) is 0 Å². The van der Waals surface area contributed by atoms with Crippen molar-refractivity contribution >= 4 is 11.8 Å². The van der Waals surface area contributed by atoms with Gasteiger partial charge in [-0.25, -0.2) is 0 Å². The summed E-state index contributed by atoms with van der Waals surface area (Å²) in [4.78, 5) is 24.3. The van der Waals surface area contributed by atoms with Gasteiger partial charge in [-0.15, -0.1) is 0 Å². The first-order chi connectivity index (χ1) is 9.39. The van der Waals surface area contributed by atoms with Crippen LogP contribution in [0.5, 0.6) is 0 Å². The molecule has 0 spiro atoms. The standard InChI is InChI=1S/C15H26N2O3/c1-15(2,3)11-9-17-14(19)12(11)13(18)16-8-10-4-6-20-7-5-10/h10-12H,4-9H2,1-3H3,(H,16,18)(H,17,19)/t11-,12+/m1/s1. The van der Waals surface area contributed by atoms with Crippen molar-refractivity contribution in [2.24, 2.45) is 23.2 Å². The molecule has 0 aromatic rings. The van der Waals surface area contributed by atoms with Crippen molar-refractivity contribution in [1.82, 2.24) is 10.6 Å². The zero-order valence-electron chi connectivity index (χ0n) is 12.7. The number of ether oxygens (including phenoxy) is 1. The Labute approximate surface area is 120 Å². The summed E-state index contributed by atoms with van der Waals surface area (Å²) in [6, 6.07) is 0. The fourth-order valence-electron chi connectivity index (χ4n) is 3.03. The Kier molecular flexibility index (Phi) is 4.68. The molecule has 2 aliphatic rings. The Morgan fingerprint density at radius 1 is 1.35 bits per heavy atom. The van der Waals surface area contributed by atoms with Gasteiger partial charge in [0.05, 0.1) is 0 Å². The van der Waals surface area contributed by atoms with Gasteiger partial charge in [0.15, 0.2) is 0 Å². The minimum atomic E-state index is -0.546. The van der Waals surface area contributed by atoms with Gasteiger partial charge in [0, 0.05) is 32.2 Å². The molecule has 2 heterocycles. The predicted octanol–water partition coefficient (Wildman–Crippen LogP) is 0.937. The molecular formula is C15H26N2O3. The molecule has 0 aromatic carbocycles. The van der Waals surface area contributed by atoms with E-state index >= 15 is 0 Å². The fraction of sp³-hybridized carbons (Fsp3) is 0.867. The quantitative estimate of drug-likeness (QED) is 0.757. The number of rotatable bonds is 3. The van der Waals surface area contributed by atoms with Gasteiger partial charge in [-0.1, -0.05) is 20.8 Å². The topological polar surface area (TPSA) is 67.4 Å². The molecule has 0 radical (unpaired) electrons. The van der Waals surface area contributed by atoms with Crippen LogP contribution in [0.3, 0.4) is 0 Å². The van der Waals surface area contributed by atoms with Crippen LogP contribution in [0.2, 0.25) is 0 Å².